The number of carbonyl (C=O) groups is 1. The van der Waals surface area contributed by atoms with Crippen molar-refractivity contribution in [2.24, 2.45) is 0 Å². The molecular formula is C25H28N4O3S. The molecule has 33 heavy (non-hydrogen) atoms. The molecule has 0 saturated heterocycles. The lowest BCUT2D eigenvalue weighted by Gasteiger charge is -2.40. The minimum atomic E-state index is -3.73. The molecule has 7 nitrogen and oxygen atoms in total. The maximum Gasteiger partial charge on any atom is 0.261 e. The number of anilines is 4. The van der Waals surface area contributed by atoms with Gasteiger partial charge in [-0.3, -0.25) is 9.52 Å². The number of carbonyl (C=O) groups excluding carboxylic acids is 1. The SMILES string of the molecule is CCC(=O)N1c2ccccc2[C@H](Nc2ccc(NS(=O)(=O)c3cccc(N)c3)cc2)C[C@@H]1C. The van der Waals surface area contributed by atoms with Gasteiger partial charge < -0.3 is 16.0 Å². The van der Waals surface area contributed by atoms with Crippen LogP contribution in [-0.4, -0.2) is 20.4 Å². The Morgan fingerprint density at radius 3 is 2.42 bits per heavy atom. The highest BCUT2D eigenvalue weighted by Crippen LogP contribution is 2.39. The van der Waals surface area contributed by atoms with Crippen LogP contribution < -0.4 is 20.7 Å². The first kappa shape index (κ1) is 22.7. The van der Waals surface area contributed by atoms with Gasteiger partial charge in [-0.05, 0) is 67.4 Å². The number of nitrogens with one attached hydrogen (secondary N) is 2. The summed E-state index contributed by atoms with van der Waals surface area (Å²) in [5.41, 5.74) is 9.43. The van der Waals surface area contributed by atoms with Crippen molar-refractivity contribution in [3.8, 4) is 0 Å². The fourth-order valence-electron chi connectivity index (χ4n) is 4.23. The van der Waals surface area contributed by atoms with Gasteiger partial charge in [-0.1, -0.05) is 31.2 Å². The van der Waals surface area contributed by atoms with Crippen LogP contribution in [0, 0.1) is 0 Å². The average Bonchev–Trinajstić information content (AvgIpc) is 2.80. The predicted octanol–water partition coefficient (Wildman–Crippen LogP) is 4.76. The van der Waals surface area contributed by atoms with Crippen molar-refractivity contribution >= 4 is 38.7 Å². The van der Waals surface area contributed by atoms with Gasteiger partial charge in [0.1, 0.15) is 0 Å². The molecule has 1 amide bonds. The van der Waals surface area contributed by atoms with Crippen LogP contribution >= 0.6 is 0 Å². The Kier molecular flexibility index (Phi) is 6.29. The van der Waals surface area contributed by atoms with Crippen molar-refractivity contribution in [3.05, 3.63) is 78.4 Å². The molecule has 0 unspecified atom stereocenters. The van der Waals surface area contributed by atoms with Gasteiger partial charge in [0.2, 0.25) is 5.91 Å². The van der Waals surface area contributed by atoms with Gasteiger partial charge >= 0.3 is 0 Å². The lowest BCUT2D eigenvalue weighted by Crippen LogP contribution is -2.44. The number of rotatable bonds is 6. The minimum Gasteiger partial charge on any atom is -0.399 e. The molecule has 172 valence electrons. The van der Waals surface area contributed by atoms with Crippen molar-refractivity contribution in [2.45, 2.75) is 43.7 Å². The van der Waals surface area contributed by atoms with E-state index >= 15 is 0 Å². The molecule has 4 rings (SSSR count). The van der Waals surface area contributed by atoms with Gasteiger partial charge in [0.05, 0.1) is 10.9 Å². The summed E-state index contributed by atoms with van der Waals surface area (Å²) in [5, 5.41) is 3.54. The highest BCUT2D eigenvalue weighted by atomic mass is 32.2. The first-order valence-electron chi connectivity index (χ1n) is 10.9. The van der Waals surface area contributed by atoms with Crippen LogP contribution in [0.3, 0.4) is 0 Å². The molecule has 0 aliphatic carbocycles. The molecule has 4 N–H and O–H groups in total. The topological polar surface area (TPSA) is 105 Å². The van der Waals surface area contributed by atoms with E-state index in [0.29, 0.717) is 17.8 Å². The van der Waals surface area contributed by atoms with E-state index in [1.165, 1.54) is 12.1 Å². The number of para-hydroxylation sites is 1. The molecule has 0 aromatic heterocycles. The van der Waals surface area contributed by atoms with Gasteiger partial charge in [0.15, 0.2) is 0 Å². The molecule has 1 heterocycles. The van der Waals surface area contributed by atoms with E-state index in [1.54, 1.807) is 24.3 Å². The molecule has 1 aliphatic heterocycles. The molecule has 0 bridgehead atoms. The van der Waals surface area contributed by atoms with Crippen LogP contribution in [0.25, 0.3) is 0 Å². The third-order valence-electron chi connectivity index (χ3n) is 5.81. The van der Waals surface area contributed by atoms with E-state index in [0.717, 1.165) is 23.4 Å². The number of amides is 1. The smallest absolute Gasteiger partial charge is 0.261 e. The third-order valence-corrected chi connectivity index (χ3v) is 7.19. The van der Waals surface area contributed by atoms with E-state index in [-0.39, 0.29) is 22.9 Å². The van der Waals surface area contributed by atoms with Crippen LogP contribution in [0.15, 0.2) is 77.7 Å². The Balaban J connectivity index is 1.52. The standard InChI is InChI=1S/C25H28N4O3S/c1-3-25(30)29-17(2)15-23(22-9-4-5-10-24(22)29)27-19-11-13-20(14-12-19)28-33(31,32)21-8-6-7-18(26)16-21/h4-14,16-17,23,27-28H,3,15,26H2,1-2H3/t17-,23+/m0/s1. The number of benzene rings is 3. The zero-order valence-electron chi connectivity index (χ0n) is 18.7. The van der Waals surface area contributed by atoms with Crippen LogP contribution in [0.2, 0.25) is 0 Å². The summed E-state index contributed by atoms with van der Waals surface area (Å²) >= 11 is 0. The van der Waals surface area contributed by atoms with E-state index in [2.05, 4.69) is 17.0 Å². The van der Waals surface area contributed by atoms with Crippen LogP contribution in [0.4, 0.5) is 22.7 Å². The van der Waals surface area contributed by atoms with Crippen molar-refractivity contribution < 1.29 is 13.2 Å². The fourth-order valence-corrected chi connectivity index (χ4v) is 5.34. The van der Waals surface area contributed by atoms with Crippen molar-refractivity contribution in [3.63, 3.8) is 0 Å². The van der Waals surface area contributed by atoms with Crippen molar-refractivity contribution in [2.75, 3.05) is 20.7 Å². The second-order valence-corrected chi connectivity index (χ2v) is 9.90. The van der Waals surface area contributed by atoms with E-state index in [4.69, 9.17) is 5.73 Å². The number of sulfonamides is 1. The zero-order valence-corrected chi connectivity index (χ0v) is 19.5. The third kappa shape index (κ3) is 4.80. The maximum atomic E-state index is 12.6. The molecule has 3 aromatic carbocycles. The van der Waals surface area contributed by atoms with Crippen LogP contribution in [0.1, 0.15) is 38.3 Å². The molecular weight excluding hydrogens is 436 g/mol. The average molecular weight is 465 g/mol. The molecule has 0 spiro atoms. The van der Waals surface area contributed by atoms with E-state index < -0.39 is 10.0 Å². The number of hydrogen-bond acceptors (Lipinski definition) is 5. The van der Waals surface area contributed by atoms with Crippen molar-refractivity contribution in [1.82, 2.24) is 0 Å². The monoisotopic (exact) mass is 464 g/mol. The van der Waals surface area contributed by atoms with E-state index in [1.807, 2.05) is 48.2 Å². The Morgan fingerprint density at radius 1 is 1.03 bits per heavy atom. The molecule has 0 saturated carbocycles. The summed E-state index contributed by atoms with van der Waals surface area (Å²) in [6.07, 6.45) is 1.23. The molecule has 8 heteroatoms. The summed E-state index contributed by atoms with van der Waals surface area (Å²) in [4.78, 5) is 14.5. The molecule has 2 atom stereocenters. The Morgan fingerprint density at radius 2 is 1.73 bits per heavy atom. The second kappa shape index (κ2) is 9.15. The number of nitrogens with zero attached hydrogens (tertiary/aromatic N) is 1. The molecule has 0 radical (unpaired) electrons. The number of hydrogen-bond donors (Lipinski definition) is 3. The fraction of sp³-hybridized carbons (Fsp3) is 0.240. The lowest BCUT2D eigenvalue weighted by molar-refractivity contribution is -0.118. The van der Waals surface area contributed by atoms with Crippen LogP contribution in [-0.2, 0) is 14.8 Å². The highest BCUT2D eigenvalue weighted by molar-refractivity contribution is 7.92. The zero-order chi connectivity index (χ0) is 23.6. The van der Waals surface area contributed by atoms with Gasteiger partial charge in [-0.2, -0.15) is 0 Å². The van der Waals surface area contributed by atoms with Gasteiger partial charge in [0, 0.05) is 35.2 Å². The first-order valence-corrected chi connectivity index (χ1v) is 12.4. The molecule has 3 aromatic rings. The maximum absolute atomic E-state index is 12.6. The first-order chi connectivity index (χ1) is 15.8. The Hall–Kier alpha value is -3.52. The summed E-state index contributed by atoms with van der Waals surface area (Å²) in [6, 6.07) is 21.4. The highest BCUT2D eigenvalue weighted by Gasteiger charge is 2.32. The Labute approximate surface area is 194 Å². The number of nitrogens with two attached hydrogens (primary N) is 1. The Bertz CT molecular complexity index is 1260. The second-order valence-electron chi connectivity index (χ2n) is 8.21. The van der Waals surface area contributed by atoms with Gasteiger partial charge in [-0.15, -0.1) is 0 Å². The largest absolute Gasteiger partial charge is 0.399 e. The number of fused-ring (bicyclic) bond motifs is 1. The quantitative estimate of drug-likeness (QED) is 0.456. The summed E-state index contributed by atoms with van der Waals surface area (Å²) in [5.74, 6) is 0.116. The van der Waals surface area contributed by atoms with Crippen LogP contribution in [0.5, 0.6) is 0 Å². The normalized spacial score (nSPS) is 17.8. The lowest BCUT2D eigenvalue weighted by atomic mass is 9.91. The number of nitrogen functional groups attached to an aromatic ring is 1. The summed E-state index contributed by atoms with van der Waals surface area (Å²) in [7, 11) is -3.73. The minimum absolute atomic E-state index is 0.0342. The summed E-state index contributed by atoms with van der Waals surface area (Å²) in [6.45, 7) is 3.94. The molecule has 1 aliphatic rings. The van der Waals surface area contributed by atoms with Gasteiger partial charge in [-0.25, -0.2) is 8.42 Å². The summed E-state index contributed by atoms with van der Waals surface area (Å²) < 4.78 is 27.8. The molecule has 0 fully saturated rings. The van der Waals surface area contributed by atoms with Crippen molar-refractivity contribution in [1.29, 1.82) is 0 Å². The van der Waals surface area contributed by atoms with Gasteiger partial charge in [0.25, 0.3) is 10.0 Å². The predicted molar refractivity (Wildman–Crippen MR) is 133 cm³/mol. The van der Waals surface area contributed by atoms with E-state index in [9.17, 15) is 13.2 Å².